The van der Waals surface area contributed by atoms with Gasteiger partial charge in [-0.1, -0.05) is 13.8 Å². The summed E-state index contributed by atoms with van der Waals surface area (Å²) in [7, 11) is 1.92. The molecule has 0 spiro atoms. The first-order valence-electron chi connectivity index (χ1n) is 4.93. The average molecular weight is 216 g/mol. The van der Waals surface area contributed by atoms with E-state index in [1.165, 1.54) is 0 Å². The Morgan fingerprint density at radius 2 is 2.29 bits per heavy atom. The lowest BCUT2D eigenvalue weighted by Gasteiger charge is -2.13. The quantitative estimate of drug-likeness (QED) is 0.759. The maximum atomic E-state index is 6.10. The van der Waals surface area contributed by atoms with Crippen molar-refractivity contribution in [2.45, 2.75) is 25.8 Å². The van der Waals surface area contributed by atoms with E-state index in [4.69, 9.17) is 11.6 Å². The average Bonchev–Trinajstić information content (AvgIpc) is 2.51. The standard InChI is InChI=1S/C10H18ClN3/c1-8(2)10(11)7-12-6-9-4-5-14(3)13-9/h4-5,8,10,12H,6-7H2,1-3H3. The number of aryl methyl sites for hydroxylation is 1. The van der Waals surface area contributed by atoms with E-state index in [1.54, 1.807) is 4.68 Å². The smallest absolute Gasteiger partial charge is 0.0762 e. The first kappa shape index (κ1) is 11.5. The Balaban J connectivity index is 2.22. The Kier molecular flexibility index (Phi) is 4.42. The lowest BCUT2D eigenvalue weighted by atomic mass is 10.1. The van der Waals surface area contributed by atoms with Crippen LogP contribution in [0.3, 0.4) is 0 Å². The Labute approximate surface area is 90.4 Å². The first-order valence-corrected chi connectivity index (χ1v) is 5.36. The highest BCUT2D eigenvalue weighted by molar-refractivity contribution is 6.20. The number of halogens is 1. The number of hydrogen-bond donors (Lipinski definition) is 1. The topological polar surface area (TPSA) is 29.9 Å². The van der Waals surface area contributed by atoms with Gasteiger partial charge in [0.1, 0.15) is 0 Å². The molecule has 14 heavy (non-hydrogen) atoms. The van der Waals surface area contributed by atoms with Gasteiger partial charge in [0, 0.05) is 31.7 Å². The number of alkyl halides is 1. The minimum Gasteiger partial charge on any atom is -0.310 e. The molecule has 0 aliphatic rings. The molecule has 0 saturated heterocycles. The summed E-state index contributed by atoms with van der Waals surface area (Å²) < 4.78 is 1.80. The molecule has 1 aromatic rings. The number of nitrogens with one attached hydrogen (secondary N) is 1. The zero-order valence-electron chi connectivity index (χ0n) is 9.00. The molecule has 1 aromatic heterocycles. The summed E-state index contributed by atoms with van der Waals surface area (Å²) in [4.78, 5) is 0. The van der Waals surface area contributed by atoms with Gasteiger partial charge in [0.25, 0.3) is 0 Å². The van der Waals surface area contributed by atoms with Crippen LogP contribution in [0.1, 0.15) is 19.5 Å². The summed E-state index contributed by atoms with van der Waals surface area (Å²) in [6.07, 6.45) is 1.94. The van der Waals surface area contributed by atoms with Crippen LogP contribution in [0.5, 0.6) is 0 Å². The number of rotatable bonds is 5. The Morgan fingerprint density at radius 3 is 2.79 bits per heavy atom. The maximum absolute atomic E-state index is 6.10. The first-order chi connectivity index (χ1) is 6.59. The number of nitrogens with zero attached hydrogens (tertiary/aromatic N) is 2. The van der Waals surface area contributed by atoms with Crippen molar-refractivity contribution < 1.29 is 0 Å². The van der Waals surface area contributed by atoms with Gasteiger partial charge in [-0.15, -0.1) is 11.6 Å². The van der Waals surface area contributed by atoms with E-state index < -0.39 is 0 Å². The third kappa shape index (κ3) is 3.68. The van der Waals surface area contributed by atoms with Crippen LogP contribution in [0.2, 0.25) is 0 Å². The van der Waals surface area contributed by atoms with E-state index in [0.717, 1.165) is 18.8 Å². The highest BCUT2D eigenvalue weighted by Gasteiger charge is 2.08. The second-order valence-electron chi connectivity index (χ2n) is 3.87. The van der Waals surface area contributed by atoms with Crippen LogP contribution < -0.4 is 5.32 Å². The highest BCUT2D eigenvalue weighted by Crippen LogP contribution is 2.07. The molecule has 0 aromatic carbocycles. The Bertz CT molecular complexity index is 270. The molecule has 1 atom stereocenters. The van der Waals surface area contributed by atoms with Crippen molar-refractivity contribution in [2.24, 2.45) is 13.0 Å². The summed E-state index contributed by atoms with van der Waals surface area (Å²) in [6.45, 7) is 5.87. The minimum absolute atomic E-state index is 0.193. The van der Waals surface area contributed by atoms with Crippen LogP contribution in [0, 0.1) is 5.92 Å². The van der Waals surface area contributed by atoms with Gasteiger partial charge in [-0.25, -0.2) is 0 Å². The number of hydrogen-bond acceptors (Lipinski definition) is 2. The molecule has 80 valence electrons. The van der Waals surface area contributed by atoms with Crippen LogP contribution in [0.15, 0.2) is 12.3 Å². The van der Waals surface area contributed by atoms with Crippen molar-refractivity contribution in [1.29, 1.82) is 0 Å². The van der Waals surface area contributed by atoms with Crippen molar-refractivity contribution in [3.63, 3.8) is 0 Å². The van der Waals surface area contributed by atoms with Crippen molar-refractivity contribution in [1.82, 2.24) is 15.1 Å². The number of aromatic nitrogens is 2. The van der Waals surface area contributed by atoms with Crippen molar-refractivity contribution in [3.05, 3.63) is 18.0 Å². The molecule has 4 heteroatoms. The Morgan fingerprint density at radius 1 is 1.57 bits per heavy atom. The molecule has 0 fully saturated rings. The molecule has 0 bridgehead atoms. The van der Waals surface area contributed by atoms with Gasteiger partial charge in [-0.05, 0) is 12.0 Å². The van der Waals surface area contributed by atoms with Crippen LogP contribution in [-0.4, -0.2) is 21.7 Å². The largest absolute Gasteiger partial charge is 0.310 e. The predicted molar refractivity (Wildman–Crippen MR) is 59.4 cm³/mol. The van der Waals surface area contributed by atoms with Crippen LogP contribution in [0.25, 0.3) is 0 Å². The molecule has 1 unspecified atom stereocenters. The van der Waals surface area contributed by atoms with Gasteiger partial charge >= 0.3 is 0 Å². The molecule has 0 saturated carbocycles. The van der Waals surface area contributed by atoms with E-state index in [-0.39, 0.29) is 5.38 Å². The molecule has 0 aliphatic carbocycles. The normalized spacial score (nSPS) is 13.5. The van der Waals surface area contributed by atoms with Crippen LogP contribution in [-0.2, 0) is 13.6 Å². The van der Waals surface area contributed by atoms with E-state index >= 15 is 0 Å². The van der Waals surface area contributed by atoms with E-state index in [2.05, 4.69) is 24.3 Å². The highest BCUT2D eigenvalue weighted by atomic mass is 35.5. The fraction of sp³-hybridized carbons (Fsp3) is 0.700. The van der Waals surface area contributed by atoms with Crippen molar-refractivity contribution in [3.8, 4) is 0 Å². The fourth-order valence-corrected chi connectivity index (χ4v) is 1.24. The van der Waals surface area contributed by atoms with E-state index in [0.29, 0.717) is 5.92 Å². The lowest BCUT2D eigenvalue weighted by molar-refractivity contribution is 0.541. The zero-order valence-corrected chi connectivity index (χ0v) is 9.75. The summed E-state index contributed by atoms with van der Waals surface area (Å²) >= 11 is 6.10. The monoisotopic (exact) mass is 215 g/mol. The van der Waals surface area contributed by atoms with Gasteiger partial charge in [0.2, 0.25) is 0 Å². The molecular weight excluding hydrogens is 198 g/mol. The lowest BCUT2D eigenvalue weighted by Crippen LogP contribution is -2.26. The second kappa shape index (κ2) is 5.37. The van der Waals surface area contributed by atoms with Crippen LogP contribution >= 0.6 is 11.6 Å². The molecule has 3 nitrogen and oxygen atoms in total. The van der Waals surface area contributed by atoms with Gasteiger partial charge in [-0.3, -0.25) is 4.68 Å². The SMILES string of the molecule is CC(C)C(Cl)CNCc1ccn(C)n1. The maximum Gasteiger partial charge on any atom is 0.0762 e. The molecule has 0 radical (unpaired) electrons. The third-order valence-electron chi connectivity index (χ3n) is 2.14. The molecule has 0 amide bonds. The summed E-state index contributed by atoms with van der Waals surface area (Å²) in [5.41, 5.74) is 1.06. The van der Waals surface area contributed by atoms with Crippen molar-refractivity contribution in [2.75, 3.05) is 6.54 Å². The third-order valence-corrected chi connectivity index (χ3v) is 2.80. The summed E-state index contributed by atoms with van der Waals surface area (Å²) in [5, 5.41) is 7.75. The van der Waals surface area contributed by atoms with Gasteiger partial charge in [0.05, 0.1) is 5.69 Å². The minimum atomic E-state index is 0.193. The Hall–Kier alpha value is -0.540. The molecule has 1 N–H and O–H groups in total. The van der Waals surface area contributed by atoms with E-state index in [9.17, 15) is 0 Å². The molecule has 1 heterocycles. The molecular formula is C10H18ClN3. The summed E-state index contributed by atoms with van der Waals surface area (Å²) in [5.74, 6) is 0.507. The summed E-state index contributed by atoms with van der Waals surface area (Å²) in [6, 6.07) is 2.01. The predicted octanol–water partition coefficient (Wildman–Crippen LogP) is 1.77. The zero-order chi connectivity index (χ0) is 10.6. The van der Waals surface area contributed by atoms with E-state index in [1.807, 2.05) is 19.3 Å². The van der Waals surface area contributed by atoms with Gasteiger partial charge < -0.3 is 5.32 Å². The second-order valence-corrected chi connectivity index (χ2v) is 4.43. The molecule has 1 rings (SSSR count). The van der Waals surface area contributed by atoms with Gasteiger partial charge in [0.15, 0.2) is 0 Å². The molecule has 0 aliphatic heterocycles. The van der Waals surface area contributed by atoms with Gasteiger partial charge in [-0.2, -0.15) is 5.10 Å². The fourth-order valence-electron chi connectivity index (χ4n) is 1.13. The van der Waals surface area contributed by atoms with Crippen LogP contribution in [0.4, 0.5) is 0 Å². The van der Waals surface area contributed by atoms with Crippen molar-refractivity contribution >= 4 is 11.6 Å².